The van der Waals surface area contributed by atoms with Crippen LogP contribution >= 0.6 is 12.2 Å². The molecule has 1 rings (SSSR count). The van der Waals surface area contributed by atoms with Gasteiger partial charge in [0.1, 0.15) is 0 Å². The fourth-order valence-corrected chi connectivity index (χ4v) is 1.70. The van der Waals surface area contributed by atoms with Gasteiger partial charge in [-0.3, -0.25) is 4.79 Å². The van der Waals surface area contributed by atoms with Crippen LogP contribution in [0, 0.1) is 0 Å². The average molecular weight is 304 g/mol. The number of para-hydroxylation sites is 1. The number of nitrogens with two attached hydrogens (primary N) is 1. The molecular formula is C13H15F3N2OS. The number of carbonyl (C=O) groups excluding carboxylic acids is 1. The molecule has 1 aromatic carbocycles. The number of benzene rings is 1. The lowest BCUT2D eigenvalue weighted by Crippen LogP contribution is -2.34. The lowest BCUT2D eigenvalue weighted by Gasteiger charge is -2.23. The summed E-state index contributed by atoms with van der Waals surface area (Å²) in [6.07, 6.45) is -5.80. The van der Waals surface area contributed by atoms with E-state index in [2.05, 4.69) is 0 Å². The summed E-state index contributed by atoms with van der Waals surface area (Å²) in [6.45, 7) is 0.177. The van der Waals surface area contributed by atoms with Gasteiger partial charge in [-0.1, -0.05) is 30.4 Å². The Bertz CT molecular complexity index is 462. The lowest BCUT2D eigenvalue weighted by molar-refractivity contribution is -0.143. The molecule has 0 aliphatic heterocycles. The van der Waals surface area contributed by atoms with E-state index in [9.17, 15) is 18.0 Å². The number of hydrogen-bond acceptors (Lipinski definition) is 2. The Balaban J connectivity index is 2.77. The van der Waals surface area contributed by atoms with E-state index >= 15 is 0 Å². The van der Waals surface area contributed by atoms with E-state index in [-0.39, 0.29) is 18.0 Å². The summed E-state index contributed by atoms with van der Waals surface area (Å²) in [6, 6.07) is 8.49. The highest BCUT2D eigenvalue weighted by Gasteiger charge is 2.29. The van der Waals surface area contributed by atoms with Crippen LogP contribution in [0.5, 0.6) is 0 Å². The van der Waals surface area contributed by atoms with Crippen molar-refractivity contribution in [3.05, 3.63) is 30.3 Å². The van der Waals surface area contributed by atoms with Crippen LogP contribution in [-0.4, -0.2) is 23.6 Å². The molecule has 0 bridgehead atoms. The second kappa shape index (κ2) is 7.23. The summed E-state index contributed by atoms with van der Waals surface area (Å²) in [5.41, 5.74) is 5.91. The summed E-state index contributed by atoms with van der Waals surface area (Å²) >= 11 is 4.73. The summed E-state index contributed by atoms with van der Waals surface area (Å²) < 4.78 is 36.6. The highest BCUT2D eigenvalue weighted by molar-refractivity contribution is 7.80. The lowest BCUT2D eigenvalue weighted by atomic mass is 10.2. The van der Waals surface area contributed by atoms with E-state index in [1.165, 1.54) is 4.90 Å². The second-order valence-electron chi connectivity index (χ2n) is 4.21. The first kappa shape index (κ1) is 16.4. The van der Waals surface area contributed by atoms with Gasteiger partial charge in [-0.05, 0) is 12.1 Å². The Morgan fingerprint density at radius 1 is 1.20 bits per heavy atom. The van der Waals surface area contributed by atoms with E-state index in [0.29, 0.717) is 5.69 Å². The molecule has 7 heteroatoms. The minimum Gasteiger partial charge on any atom is -0.393 e. The smallest absolute Gasteiger partial charge is 0.389 e. The Hall–Kier alpha value is -1.63. The standard InChI is InChI=1S/C13H15F3N2OS/c14-13(15,16)8-6-12(19)18(9-7-11(17)20)10-4-2-1-3-5-10/h1-5H,6-9H2,(H2,17,20). The number of carbonyl (C=O) groups is 1. The number of amides is 1. The fraction of sp³-hybridized carbons (Fsp3) is 0.385. The van der Waals surface area contributed by atoms with E-state index in [0.717, 1.165) is 0 Å². The minimum atomic E-state index is -4.35. The molecule has 0 saturated heterocycles. The molecule has 0 aliphatic carbocycles. The zero-order chi connectivity index (χ0) is 15.2. The first-order valence-electron chi connectivity index (χ1n) is 6.00. The number of hydrogen-bond donors (Lipinski definition) is 1. The van der Waals surface area contributed by atoms with Crippen LogP contribution in [0.2, 0.25) is 0 Å². The normalized spacial score (nSPS) is 11.2. The average Bonchev–Trinajstić information content (AvgIpc) is 2.36. The second-order valence-corrected chi connectivity index (χ2v) is 4.74. The first-order chi connectivity index (χ1) is 9.29. The molecular weight excluding hydrogens is 289 g/mol. The quantitative estimate of drug-likeness (QED) is 0.822. The molecule has 0 aromatic heterocycles. The topological polar surface area (TPSA) is 46.3 Å². The monoisotopic (exact) mass is 304 g/mol. The molecule has 1 amide bonds. The maximum absolute atomic E-state index is 12.2. The Morgan fingerprint density at radius 3 is 2.30 bits per heavy atom. The zero-order valence-electron chi connectivity index (χ0n) is 10.7. The van der Waals surface area contributed by atoms with Crippen molar-refractivity contribution in [1.82, 2.24) is 0 Å². The predicted octanol–water partition coefficient (Wildman–Crippen LogP) is 3.04. The van der Waals surface area contributed by atoms with Crippen molar-refractivity contribution >= 4 is 28.8 Å². The summed E-state index contributed by atoms with van der Waals surface area (Å²) in [5.74, 6) is -0.593. The van der Waals surface area contributed by atoms with E-state index in [4.69, 9.17) is 18.0 Å². The van der Waals surface area contributed by atoms with Gasteiger partial charge >= 0.3 is 6.18 Å². The predicted molar refractivity (Wildman–Crippen MR) is 75.5 cm³/mol. The summed E-state index contributed by atoms with van der Waals surface area (Å²) in [7, 11) is 0. The van der Waals surface area contributed by atoms with Gasteiger partial charge in [0.05, 0.1) is 11.4 Å². The van der Waals surface area contributed by atoms with Crippen LogP contribution in [0.15, 0.2) is 30.3 Å². The van der Waals surface area contributed by atoms with Crippen molar-refractivity contribution in [2.45, 2.75) is 25.4 Å². The van der Waals surface area contributed by atoms with Crippen molar-refractivity contribution in [3.63, 3.8) is 0 Å². The zero-order valence-corrected chi connectivity index (χ0v) is 11.5. The molecule has 0 fully saturated rings. The third kappa shape index (κ3) is 6.01. The molecule has 0 saturated carbocycles. The van der Waals surface area contributed by atoms with Crippen molar-refractivity contribution in [2.24, 2.45) is 5.73 Å². The van der Waals surface area contributed by atoms with Gasteiger partial charge in [-0.2, -0.15) is 13.2 Å². The Labute approximate surface area is 120 Å². The third-order valence-corrected chi connectivity index (χ3v) is 2.78. The number of rotatable bonds is 6. The van der Waals surface area contributed by atoms with Crippen LogP contribution in [0.25, 0.3) is 0 Å². The van der Waals surface area contributed by atoms with Crippen molar-refractivity contribution in [2.75, 3.05) is 11.4 Å². The fourth-order valence-electron chi connectivity index (χ4n) is 1.61. The third-order valence-electron chi connectivity index (χ3n) is 2.57. The molecule has 0 spiro atoms. The van der Waals surface area contributed by atoms with E-state index < -0.39 is 24.9 Å². The Kier molecular flexibility index (Phi) is 5.94. The number of alkyl halides is 3. The van der Waals surface area contributed by atoms with Gasteiger partial charge in [-0.25, -0.2) is 0 Å². The number of anilines is 1. The minimum absolute atomic E-state index is 0.177. The van der Waals surface area contributed by atoms with Gasteiger partial charge < -0.3 is 10.6 Å². The van der Waals surface area contributed by atoms with Gasteiger partial charge in [0, 0.05) is 25.1 Å². The molecule has 0 aliphatic rings. The molecule has 2 N–H and O–H groups in total. The van der Waals surface area contributed by atoms with Crippen LogP contribution in [0.4, 0.5) is 18.9 Å². The molecule has 0 radical (unpaired) electrons. The Morgan fingerprint density at radius 2 is 1.80 bits per heavy atom. The molecule has 0 atom stereocenters. The largest absolute Gasteiger partial charge is 0.393 e. The summed E-state index contributed by atoms with van der Waals surface area (Å²) in [5, 5.41) is 0. The van der Waals surface area contributed by atoms with Gasteiger partial charge in [0.2, 0.25) is 5.91 Å². The number of halogens is 3. The van der Waals surface area contributed by atoms with Crippen LogP contribution < -0.4 is 10.6 Å². The van der Waals surface area contributed by atoms with Gasteiger partial charge in [0.15, 0.2) is 0 Å². The number of nitrogens with zero attached hydrogens (tertiary/aromatic N) is 1. The van der Waals surface area contributed by atoms with Crippen molar-refractivity contribution < 1.29 is 18.0 Å². The van der Waals surface area contributed by atoms with Gasteiger partial charge in [-0.15, -0.1) is 0 Å². The van der Waals surface area contributed by atoms with Crippen LogP contribution in [0.1, 0.15) is 19.3 Å². The molecule has 110 valence electrons. The maximum Gasteiger partial charge on any atom is 0.389 e. The molecule has 0 heterocycles. The van der Waals surface area contributed by atoms with E-state index in [1.54, 1.807) is 30.3 Å². The van der Waals surface area contributed by atoms with Crippen molar-refractivity contribution in [1.29, 1.82) is 0 Å². The number of thiocarbonyl (C=S) groups is 1. The highest BCUT2D eigenvalue weighted by atomic mass is 32.1. The SMILES string of the molecule is NC(=S)CCN(C(=O)CCC(F)(F)F)c1ccccc1. The molecule has 20 heavy (non-hydrogen) atoms. The van der Waals surface area contributed by atoms with Crippen LogP contribution in [-0.2, 0) is 4.79 Å². The van der Waals surface area contributed by atoms with Gasteiger partial charge in [0.25, 0.3) is 0 Å². The first-order valence-corrected chi connectivity index (χ1v) is 6.41. The molecule has 3 nitrogen and oxygen atoms in total. The van der Waals surface area contributed by atoms with E-state index in [1.807, 2.05) is 0 Å². The van der Waals surface area contributed by atoms with Crippen molar-refractivity contribution in [3.8, 4) is 0 Å². The molecule has 1 aromatic rings. The highest BCUT2D eigenvalue weighted by Crippen LogP contribution is 2.23. The summed E-state index contributed by atoms with van der Waals surface area (Å²) in [4.78, 5) is 13.4. The van der Waals surface area contributed by atoms with Crippen LogP contribution in [0.3, 0.4) is 0 Å². The maximum atomic E-state index is 12.2. The molecule has 0 unspecified atom stereocenters.